The smallest absolute Gasteiger partial charge is 0.335 e. The van der Waals surface area contributed by atoms with Gasteiger partial charge in [0.25, 0.3) is 0 Å². The van der Waals surface area contributed by atoms with Gasteiger partial charge >= 0.3 is 5.97 Å². The Labute approximate surface area is 222 Å². The van der Waals surface area contributed by atoms with E-state index in [1.54, 1.807) is 12.1 Å². The summed E-state index contributed by atoms with van der Waals surface area (Å²) in [6, 6.07) is 13.2. The largest absolute Gasteiger partial charge is 0.478 e. The molecule has 0 radical (unpaired) electrons. The Balaban J connectivity index is 1.55. The van der Waals surface area contributed by atoms with E-state index in [-0.39, 0.29) is 29.8 Å². The second-order valence-corrected chi connectivity index (χ2v) is 10.9. The minimum Gasteiger partial charge on any atom is -0.478 e. The third kappa shape index (κ3) is 6.50. The van der Waals surface area contributed by atoms with Gasteiger partial charge in [-0.1, -0.05) is 63.2 Å². The Kier molecular flexibility index (Phi) is 8.65. The first-order valence-corrected chi connectivity index (χ1v) is 13.0. The van der Waals surface area contributed by atoms with E-state index in [0.29, 0.717) is 17.9 Å². The van der Waals surface area contributed by atoms with Crippen LogP contribution in [0.15, 0.2) is 48.5 Å². The number of amides is 1. The van der Waals surface area contributed by atoms with Gasteiger partial charge < -0.3 is 14.9 Å². The van der Waals surface area contributed by atoms with Gasteiger partial charge in [0.15, 0.2) is 5.78 Å². The number of hydrogen-bond acceptors (Lipinski definition) is 8. The van der Waals surface area contributed by atoms with Crippen LogP contribution in [0.3, 0.4) is 0 Å². The number of anilines is 3. The van der Waals surface area contributed by atoms with E-state index in [1.165, 1.54) is 23.5 Å². The lowest BCUT2D eigenvalue weighted by Crippen LogP contribution is -2.53. The second-order valence-electron chi connectivity index (χ2n) is 10.9. The third-order valence-electron chi connectivity index (χ3n) is 7.08. The molecule has 1 aliphatic carbocycles. The number of carbonyl (C=O) groups excluding carboxylic acids is 2. The number of para-hydroxylation sites is 2. The number of hydroxylamine groups is 1. The number of Topliss-reactive ketones (excluding diaryl/α,β-unsaturated/α-hetero) is 1. The fourth-order valence-electron chi connectivity index (χ4n) is 4.85. The SMILES string of the molecule is CC(C)(C)C(=O)CN1C(=O)[C@H](NOONc2cccc(C(=O)O)c2)CN(C2CCCCC2)c2ccccc21. The predicted octanol–water partition coefficient (Wildman–Crippen LogP) is 4.33. The molecular weight excluding hydrogens is 488 g/mol. The van der Waals surface area contributed by atoms with Crippen LogP contribution < -0.4 is 20.8 Å². The van der Waals surface area contributed by atoms with E-state index >= 15 is 0 Å². The predicted molar refractivity (Wildman–Crippen MR) is 144 cm³/mol. The highest BCUT2D eigenvalue weighted by molar-refractivity contribution is 6.06. The molecule has 1 amide bonds. The van der Waals surface area contributed by atoms with Crippen LogP contribution in [0.5, 0.6) is 0 Å². The fraction of sp³-hybridized carbons (Fsp3) is 0.464. The Morgan fingerprint density at radius 3 is 2.39 bits per heavy atom. The van der Waals surface area contributed by atoms with Crippen molar-refractivity contribution in [2.24, 2.45) is 5.41 Å². The number of carbonyl (C=O) groups is 3. The molecular formula is C28H36N4O6. The molecule has 0 spiro atoms. The number of nitrogens with one attached hydrogen (secondary N) is 2. The van der Waals surface area contributed by atoms with Crippen LogP contribution in [0, 0.1) is 5.41 Å². The molecule has 204 valence electrons. The second kappa shape index (κ2) is 11.9. The van der Waals surface area contributed by atoms with Crippen LogP contribution >= 0.6 is 0 Å². The molecule has 1 atom stereocenters. The van der Waals surface area contributed by atoms with Gasteiger partial charge in [0.2, 0.25) is 5.91 Å². The average Bonchev–Trinajstić information content (AvgIpc) is 3.01. The van der Waals surface area contributed by atoms with Crippen molar-refractivity contribution in [3.63, 3.8) is 0 Å². The highest BCUT2D eigenvalue weighted by atomic mass is 17.3. The maximum Gasteiger partial charge on any atom is 0.335 e. The number of carboxylic acid groups (broad SMARTS) is 1. The minimum absolute atomic E-state index is 0.0531. The Bertz CT molecular complexity index is 1160. The molecule has 4 rings (SSSR count). The first-order chi connectivity index (χ1) is 18.1. The van der Waals surface area contributed by atoms with Crippen LogP contribution in [-0.2, 0) is 19.6 Å². The molecule has 38 heavy (non-hydrogen) atoms. The summed E-state index contributed by atoms with van der Waals surface area (Å²) < 4.78 is 0. The molecule has 10 heteroatoms. The molecule has 1 saturated carbocycles. The zero-order valence-electron chi connectivity index (χ0n) is 22.1. The number of ketones is 1. The van der Waals surface area contributed by atoms with Crippen molar-refractivity contribution in [2.45, 2.75) is 65.0 Å². The topological polar surface area (TPSA) is 120 Å². The van der Waals surface area contributed by atoms with E-state index in [4.69, 9.17) is 15.1 Å². The summed E-state index contributed by atoms with van der Waals surface area (Å²) >= 11 is 0. The van der Waals surface area contributed by atoms with Crippen molar-refractivity contribution in [1.29, 1.82) is 0 Å². The maximum atomic E-state index is 13.8. The van der Waals surface area contributed by atoms with Gasteiger partial charge in [-0.05, 0) is 43.2 Å². The van der Waals surface area contributed by atoms with Gasteiger partial charge in [-0.25, -0.2) is 10.3 Å². The number of fused-ring (bicyclic) bond motifs is 1. The standard InChI is InChI=1S/C28H36N4O6/c1-28(2,3)25(33)18-32-24-15-8-7-14-23(24)31(21-12-5-4-6-13-21)17-22(26(32)34)30-38-37-29-20-11-9-10-19(16-20)27(35)36/h7-11,14-16,21-22,29-30H,4-6,12-13,17-18H2,1-3H3,(H,35,36)/t22-/m1/s1. The van der Waals surface area contributed by atoms with Crippen LogP contribution in [-0.4, -0.2) is 47.9 Å². The molecule has 2 aromatic carbocycles. The van der Waals surface area contributed by atoms with Crippen molar-refractivity contribution >= 4 is 34.7 Å². The van der Waals surface area contributed by atoms with Crippen molar-refractivity contribution in [3.05, 3.63) is 54.1 Å². The lowest BCUT2D eigenvalue weighted by atomic mass is 9.90. The number of nitrogens with zero attached hydrogens (tertiary/aromatic N) is 2. The van der Waals surface area contributed by atoms with E-state index in [0.717, 1.165) is 31.4 Å². The van der Waals surface area contributed by atoms with Gasteiger partial charge in [0, 0.05) is 18.0 Å². The number of rotatable bonds is 9. The van der Waals surface area contributed by atoms with Crippen LogP contribution in [0.1, 0.15) is 63.2 Å². The van der Waals surface area contributed by atoms with Gasteiger partial charge in [-0.15, -0.1) is 4.99 Å². The average molecular weight is 525 g/mol. The van der Waals surface area contributed by atoms with Gasteiger partial charge in [0.1, 0.15) is 6.04 Å². The highest BCUT2D eigenvalue weighted by Crippen LogP contribution is 2.37. The van der Waals surface area contributed by atoms with E-state index in [2.05, 4.69) is 15.9 Å². The van der Waals surface area contributed by atoms with Gasteiger partial charge in [-0.2, -0.15) is 5.48 Å². The molecule has 2 aromatic rings. The van der Waals surface area contributed by atoms with E-state index in [1.807, 2.05) is 45.0 Å². The van der Waals surface area contributed by atoms with Crippen molar-refractivity contribution in [1.82, 2.24) is 5.48 Å². The first-order valence-electron chi connectivity index (χ1n) is 13.0. The lowest BCUT2D eigenvalue weighted by Gasteiger charge is -2.37. The Morgan fingerprint density at radius 2 is 1.71 bits per heavy atom. The molecule has 1 aliphatic heterocycles. The third-order valence-corrected chi connectivity index (χ3v) is 7.08. The number of carboxylic acids is 1. The van der Waals surface area contributed by atoms with Crippen molar-refractivity contribution < 1.29 is 29.5 Å². The van der Waals surface area contributed by atoms with Crippen LogP contribution in [0.2, 0.25) is 0 Å². The zero-order chi connectivity index (χ0) is 27.3. The van der Waals surface area contributed by atoms with Gasteiger partial charge in [-0.3, -0.25) is 9.59 Å². The summed E-state index contributed by atoms with van der Waals surface area (Å²) in [4.78, 5) is 52.1. The number of benzene rings is 2. The fourth-order valence-corrected chi connectivity index (χ4v) is 4.85. The minimum atomic E-state index is -1.07. The lowest BCUT2D eigenvalue weighted by molar-refractivity contribution is -0.321. The Morgan fingerprint density at radius 1 is 1.00 bits per heavy atom. The molecule has 10 nitrogen and oxygen atoms in total. The molecule has 0 unspecified atom stereocenters. The summed E-state index contributed by atoms with van der Waals surface area (Å²) in [7, 11) is 0. The molecule has 1 heterocycles. The van der Waals surface area contributed by atoms with Crippen molar-refractivity contribution in [3.8, 4) is 0 Å². The summed E-state index contributed by atoms with van der Waals surface area (Å²) in [6.45, 7) is 5.80. The summed E-state index contributed by atoms with van der Waals surface area (Å²) in [5.41, 5.74) is 6.71. The first kappa shape index (κ1) is 27.6. The molecule has 1 fully saturated rings. The molecule has 3 N–H and O–H groups in total. The van der Waals surface area contributed by atoms with Crippen LogP contribution in [0.25, 0.3) is 0 Å². The highest BCUT2D eigenvalue weighted by Gasteiger charge is 2.38. The molecule has 0 saturated heterocycles. The van der Waals surface area contributed by atoms with Crippen LogP contribution in [0.4, 0.5) is 17.1 Å². The van der Waals surface area contributed by atoms with Gasteiger partial charge in [0.05, 0.1) is 29.2 Å². The van der Waals surface area contributed by atoms with E-state index < -0.39 is 17.4 Å². The number of hydrogen-bond donors (Lipinski definition) is 3. The monoisotopic (exact) mass is 524 g/mol. The Hall–Kier alpha value is -3.47. The zero-order valence-corrected chi connectivity index (χ0v) is 22.1. The molecule has 0 bridgehead atoms. The summed E-state index contributed by atoms with van der Waals surface area (Å²) in [5, 5.41) is 9.17. The quantitative estimate of drug-likeness (QED) is 0.250. The molecule has 2 aliphatic rings. The van der Waals surface area contributed by atoms with Crippen molar-refractivity contribution in [2.75, 3.05) is 28.4 Å². The normalized spacial score (nSPS) is 18.6. The maximum absolute atomic E-state index is 13.8. The summed E-state index contributed by atoms with van der Waals surface area (Å²) in [6.07, 6.45) is 5.50. The summed E-state index contributed by atoms with van der Waals surface area (Å²) in [5.74, 6) is -1.42. The van der Waals surface area contributed by atoms with E-state index in [9.17, 15) is 14.4 Å². The number of aromatic carboxylic acids is 1. The molecule has 0 aromatic heterocycles.